The molecule has 0 saturated heterocycles. The Morgan fingerprint density at radius 2 is 1.77 bits per heavy atom. The van der Waals surface area contributed by atoms with E-state index < -0.39 is 33.8 Å². The predicted molar refractivity (Wildman–Crippen MR) is 86.4 cm³/mol. The van der Waals surface area contributed by atoms with E-state index in [2.05, 4.69) is 15.5 Å². The highest BCUT2D eigenvalue weighted by Crippen LogP contribution is 2.27. The van der Waals surface area contributed by atoms with Gasteiger partial charge in [-0.2, -0.15) is 17.9 Å². The van der Waals surface area contributed by atoms with Crippen molar-refractivity contribution in [1.29, 1.82) is 0 Å². The number of hydrogen-bond donors (Lipinski definition) is 1. The van der Waals surface area contributed by atoms with Gasteiger partial charge >= 0.3 is 6.18 Å². The smallest absolute Gasteiger partial charge is 0.389 e. The summed E-state index contributed by atoms with van der Waals surface area (Å²) in [5, 5.41) is 20.4. The number of tetrazole rings is 1. The van der Waals surface area contributed by atoms with E-state index in [1.165, 1.54) is 6.92 Å². The molecule has 0 aliphatic carbocycles. The van der Waals surface area contributed by atoms with Crippen LogP contribution in [-0.4, -0.2) is 51.3 Å². The van der Waals surface area contributed by atoms with Gasteiger partial charge in [-0.25, -0.2) is 8.42 Å². The third-order valence-electron chi connectivity index (χ3n) is 3.80. The summed E-state index contributed by atoms with van der Waals surface area (Å²) in [5.41, 5.74) is -1.09. The summed E-state index contributed by atoms with van der Waals surface area (Å²) in [7, 11) is -3.94. The van der Waals surface area contributed by atoms with Crippen molar-refractivity contribution in [2.75, 3.05) is 5.75 Å². The Balaban J connectivity index is 2.05. The maximum atomic E-state index is 12.5. The van der Waals surface area contributed by atoms with E-state index >= 15 is 0 Å². The van der Waals surface area contributed by atoms with Crippen LogP contribution in [-0.2, 0) is 9.84 Å². The molecule has 0 fully saturated rings. The molecule has 0 amide bonds. The van der Waals surface area contributed by atoms with Gasteiger partial charge < -0.3 is 5.11 Å². The summed E-state index contributed by atoms with van der Waals surface area (Å²) < 4.78 is 62.7. The van der Waals surface area contributed by atoms with Crippen LogP contribution in [0.2, 0.25) is 0 Å². The van der Waals surface area contributed by atoms with Crippen LogP contribution in [0.25, 0.3) is 5.69 Å². The molecule has 7 nitrogen and oxygen atoms in total. The van der Waals surface area contributed by atoms with Gasteiger partial charge in [0.15, 0.2) is 0 Å². The number of nitrogens with zero attached hydrogens (tertiary/aromatic N) is 4. The molecule has 2 aromatic rings. The minimum Gasteiger partial charge on any atom is -0.390 e. The van der Waals surface area contributed by atoms with Crippen LogP contribution in [0, 0.1) is 0 Å². The van der Waals surface area contributed by atoms with Gasteiger partial charge in [0.05, 0.1) is 17.0 Å². The Bertz CT molecular complexity index is 820. The van der Waals surface area contributed by atoms with Crippen LogP contribution in [0.15, 0.2) is 35.5 Å². The van der Waals surface area contributed by atoms with Crippen molar-refractivity contribution in [2.24, 2.45) is 0 Å². The minimum absolute atomic E-state index is 0.161. The molecule has 0 radical (unpaired) electrons. The van der Waals surface area contributed by atoms with Crippen molar-refractivity contribution in [2.45, 2.75) is 49.5 Å². The van der Waals surface area contributed by atoms with Gasteiger partial charge in [0.25, 0.3) is 5.16 Å². The minimum atomic E-state index is -4.31. The van der Waals surface area contributed by atoms with Gasteiger partial charge in [0, 0.05) is 6.42 Å². The molecule has 1 atom stereocenters. The molecule has 0 aliphatic rings. The maximum absolute atomic E-state index is 12.5. The fourth-order valence-corrected chi connectivity index (χ4v) is 3.80. The number of para-hydroxylation sites is 1. The van der Waals surface area contributed by atoms with Gasteiger partial charge in [0.1, 0.15) is 0 Å². The SMILES string of the molecule is C[C@](O)(CCCC(F)(F)F)CCS(=O)(=O)c1nnnn1-c1ccccc1. The second kappa shape index (κ2) is 7.70. The standard InChI is InChI=1S/C15H19F3N4O3S/c1-14(23,8-5-9-15(16,17)18)10-11-26(24,25)13-19-20-21-22(13)12-6-3-2-4-7-12/h2-4,6-7,23H,5,8-11H2,1H3/t14-/m0/s1. The van der Waals surface area contributed by atoms with Crippen molar-refractivity contribution in [3.8, 4) is 5.69 Å². The van der Waals surface area contributed by atoms with Gasteiger partial charge in [-0.1, -0.05) is 23.3 Å². The van der Waals surface area contributed by atoms with Crippen molar-refractivity contribution in [1.82, 2.24) is 20.2 Å². The monoisotopic (exact) mass is 392 g/mol. The number of sulfone groups is 1. The van der Waals surface area contributed by atoms with Crippen LogP contribution >= 0.6 is 0 Å². The summed E-state index contributed by atoms with van der Waals surface area (Å²) in [6.45, 7) is 1.32. The highest BCUT2D eigenvalue weighted by Gasteiger charge is 2.31. The second-order valence-corrected chi connectivity index (χ2v) is 8.25. The van der Waals surface area contributed by atoms with Crippen LogP contribution < -0.4 is 0 Å². The van der Waals surface area contributed by atoms with Gasteiger partial charge in [-0.15, -0.1) is 0 Å². The lowest BCUT2D eigenvalue weighted by Gasteiger charge is -2.23. The number of benzene rings is 1. The average molecular weight is 392 g/mol. The molecule has 1 aromatic heterocycles. The number of alkyl halides is 3. The summed E-state index contributed by atoms with van der Waals surface area (Å²) in [5.74, 6) is -0.487. The zero-order valence-electron chi connectivity index (χ0n) is 14.0. The van der Waals surface area contributed by atoms with Crippen LogP contribution in [0.4, 0.5) is 13.2 Å². The Hall–Kier alpha value is -2.01. The summed E-state index contributed by atoms with van der Waals surface area (Å²) >= 11 is 0. The summed E-state index contributed by atoms with van der Waals surface area (Å²) in [6.07, 6.45) is -6.00. The molecular weight excluding hydrogens is 373 g/mol. The topological polar surface area (TPSA) is 98.0 Å². The molecule has 26 heavy (non-hydrogen) atoms. The maximum Gasteiger partial charge on any atom is 0.389 e. The Kier molecular flexibility index (Phi) is 6.02. The number of hydrogen-bond acceptors (Lipinski definition) is 6. The highest BCUT2D eigenvalue weighted by atomic mass is 32.2. The largest absolute Gasteiger partial charge is 0.390 e. The first-order valence-corrected chi connectivity index (χ1v) is 9.51. The van der Waals surface area contributed by atoms with E-state index in [9.17, 15) is 26.7 Å². The molecule has 0 unspecified atom stereocenters. The molecular formula is C15H19F3N4O3S. The van der Waals surface area contributed by atoms with E-state index in [0.29, 0.717) is 5.69 Å². The highest BCUT2D eigenvalue weighted by molar-refractivity contribution is 7.91. The predicted octanol–water partition coefficient (Wildman–Crippen LogP) is 2.31. The molecule has 1 heterocycles. The molecule has 11 heteroatoms. The normalized spacial score (nSPS) is 15.0. The number of aliphatic hydroxyl groups is 1. The van der Waals surface area contributed by atoms with Gasteiger partial charge in [0.2, 0.25) is 9.84 Å². The number of aromatic nitrogens is 4. The zero-order chi connectivity index (χ0) is 19.4. The van der Waals surface area contributed by atoms with Crippen molar-refractivity contribution >= 4 is 9.84 Å². The van der Waals surface area contributed by atoms with Gasteiger partial charge in [-0.05, 0) is 48.7 Å². The van der Waals surface area contributed by atoms with E-state index in [-0.39, 0.29) is 24.4 Å². The molecule has 1 N–H and O–H groups in total. The van der Waals surface area contributed by atoms with E-state index in [1.54, 1.807) is 30.3 Å². The molecule has 144 valence electrons. The van der Waals surface area contributed by atoms with Crippen molar-refractivity contribution in [3.05, 3.63) is 30.3 Å². The molecule has 2 rings (SSSR count). The quantitative estimate of drug-likeness (QED) is 0.740. The average Bonchev–Trinajstić information content (AvgIpc) is 3.03. The number of rotatable bonds is 8. The van der Waals surface area contributed by atoms with Crippen LogP contribution in [0.1, 0.15) is 32.6 Å². The fourth-order valence-electron chi connectivity index (χ4n) is 2.34. The Morgan fingerprint density at radius 1 is 1.12 bits per heavy atom. The molecule has 0 bridgehead atoms. The summed E-state index contributed by atoms with van der Waals surface area (Å²) in [6, 6.07) is 8.39. The first-order valence-electron chi connectivity index (χ1n) is 7.86. The first-order chi connectivity index (χ1) is 12.0. The Labute approximate surface area is 148 Å². The fraction of sp³-hybridized carbons (Fsp3) is 0.533. The van der Waals surface area contributed by atoms with Gasteiger partial charge in [-0.3, -0.25) is 0 Å². The third kappa shape index (κ3) is 5.77. The lowest BCUT2D eigenvalue weighted by atomic mass is 9.96. The van der Waals surface area contributed by atoms with E-state index in [4.69, 9.17) is 0 Å². The lowest BCUT2D eigenvalue weighted by Crippen LogP contribution is -2.29. The van der Waals surface area contributed by atoms with Crippen LogP contribution in [0.3, 0.4) is 0 Å². The Morgan fingerprint density at radius 3 is 2.38 bits per heavy atom. The van der Waals surface area contributed by atoms with Crippen LogP contribution in [0.5, 0.6) is 0 Å². The summed E-state index contributed by atoms with van der Waals surface area (Å²) in [4.78, 5) is 0. The first kappa shape index (κ1) is 20.3. The van der Waals surface area contributed by atoms with Crippen molar-refractivity contribution in [3.63, 3.8) is 0 Å². The zero-order valence-corrected chi connectivity index (χ0v) is 14.8. The second-order valence-electron chi connectivity index (χ2n) is 6.24. The molecule has 0 aliphatic heterocycles. The number of halogens is 3. The molecule has 0 spiro atoms. The van der Waals surface area contributed by atoms with E-state index in [1.807, 2.05) is 0 Å². The van der Waals surface area contributed by atoms with E-state index in [0.717, 1.165) is 4.68 Å². The lowest BCUT2D eigenvalue weighted by molar-refractivity contribution is -0.137. The van der Waals surface area contributed by atoms with Crippen molar-refractivity contribution < 1.29 is 26.7 Å². The molecule has 0 saturated carbocycles. The molecule has 1 aromatic carbocycles. The third-order valence-corrected chi connectivity index (χ3v) is 5.36.